The maximum Gasteiger partial charge on any atom is 0.303 e. The molecule has 2 aliphatic rings. The highest BCUT2D eigenvalue weighted by Gasteiger charge is 2.59. The van der Waals surface area contributed by atoms with Crippen LogP contribution in [-0.4, -0.2) is 23.3 Å². The molecule has 3 heteroatoms. The van der Waals surface area contributed by atoms with Gasteiger partial charge in [-0.2, -0.15) is 0 Å². The molecular formula is C18H32O3. The van der Waals surface area contributed by atoms with Gasteiger partial charge >= 0.3 is 5.97 Å². The van der Waals surface area contributed by atoms with Crippen molar-refractivity contribution in [3.05, 3.63) is 0 Å². The van der Waals surface area contributed by atoms with E-state index in [1.807, 2.05) is 0 Å². The van der Waals surface area contributed by atoms with Gasteiger partial charge in [-0.1, -0.05) is 27.2 Å². The van der Waals surface area contributed by atoms with Crippen LogP contribution in [-0.2, 0) is 9.53 Å². The second-order valence-corrected chi connectivity index (χ2v) is 8.41. The van der Waals surface area contributed by atoms with Gasteiger partial charge in [0.1, 0.15) is 5.60 Å². The minimum atomic E-state index is -0.423. The zero-order valence-electron chi connectivity index (χ0n) is 14.4. The minimum absolute atomic E-state index is 0.160. The summed E-state index contributed by atoms with van der Waals surface area (Å²) in [5, 5.41) is 9.58. The lowest BCUT2D eigenvalue weighted by atomic mass is 9.45. The third-order valence-electron chi connectivity index (χ3n) is 6.53. The van der Waals surface area contributed by atoms with E-state index >= 15 is 0 Å². The summed E-state index contributed by atoms with van der Waals surface area (Å²) in [7, 11) is 0. The number of aliphatic hydroxyl groups excluding tert-OH is 1. The molecule has 0 heterocycles. The van der Waals surface area contributed by atoms with Crippen molar-refractivity contribution >= 4 is 5.97 Å². The van der Waals surface area contributed by atoms with E-state index < -0.39 is 5.60 Å². The number of fused-ring (bicyclic) bond motifs is 1. The Morgan fingerprint density at radius 2 is 1.86 bits per heavy atom. The van der Waals surface area contributed by atoms with E-state index in [9.17, 15) is 9.90 Å². The number of rotatable bonds is 3. The smallest absolute Gasteiger partial charge is 0.303 e. The number of esters is 1. The molecule has 3 nitrogen and oxygen atoms in total. The van der Waals surface area contributed by atoms with E-state index in [1.165, 1.54) is 26.2 Å². The van der Waals surface area contributed by atoms with Crippen molar-refractivity contribution in [2.75, 3.05) is 6.61 Å². The topological polar surface area (TPSA) is 46.5 Å². The predicted molar refractivity (Wildman–Crippen MR) is 83.8 cm³/mol. The highest BCUT2D eigenvalue weighted by atomic mass is 16.6. The fourth-order valence-corrected chi connectivity index (χ4v) is 5.82. The molecule has 2 saturated carbocycles. The monoisotopic (exact) mass is 296 g/mol. The van der Waals surface area contributed by atoms with Gasteiger partial charge < -0.3 is 9.84 Å². The third-order valence-corrected chi connectivity index (χ3v) is 6.53. The van der Waals surface area contributed by atoms with Gasteiger partial charge in [-0.05, 0) is 55.8 Å². The summed E-state index contributed by atoms with van der Waals surface area (Å²) in [5.74, 6) is 0.703. The Kier molecular flexibility index (Phi) is 4.45. The van der Waals surface area contributed by atoms with E-state index in [2.05, 4.69) is 27.7 Å². The summed E-state index contributed by atoms with van der Waals surface area (Å²) in [6.07, 6.45) is 6.47. The molecule has 2 rings (SSSR count). The van der Waals surface area contributed by atoms with Crippen molar-refractivity contribution in [1.29, 1.82) is 0 Å². The standard InChI is InChI=1S/C18H32O3/c1-13(20)21-18(5)11-7-14-16(2,3)9-6-10-17(14,4)15(18)8-12-19/h14-15,19H,6-12H2,1-5H3/t14-,15+,17-,18+/m0/s1. The van der Waals surface area contributed by atoms with Crippen molar-refractivity contribution in [1.82, 2.24) is 0 Å². The Bertz CT molecular complexity index is 403. The number of carbonyl (C=O) groups excluding carboxylic acids is 1. The Morgan fingerprint density at radius 3 is 2.43 bits per heavy atom. The van der Waals surface area contributed by atoms with Crippen LogP contribution in [0, 0.1) is 22.7 Å². The molecule has 0 spiro atoms. The van der Waals surface area contributed by atoms with Crippen molar-refractivity contribution < 1.29 is 14.6 Å². The quantitative estimate of drug-likeness (QED) is 0.803. The average molecular weight is 296 g/mol. The van der Waals surface area contributed by atoms with Gasteiger partial charge in [0.25, 0.3) is 0 Å². The van der Waals surface area contributed by atoms with Crippen LogP contribution in [0.25, 0.3) is 0 Å². The number of ether oxygens (including phenoxy) is 1. The lowest BCUT2D eigenvalue weighted by Gasteiger charge is -2.61. The number of aliphatic hydroxyl groups is 1. The van der Waals surface area contributed by atoms with Crippen LogP contribution in [0.3, 0.4) is 0 Å². The first-order valence-electron chi connectivity index (χ1n) is 8.46. The van der Waals surface area contributed by atoms with Gasteiger partial charge in [0.15, 0.2) is 0 Å². The lowest BCUT2D eigenvalue weighted by molar-refractivity contribution is -0.200. The first-order valence-corrected chi connectivity index (χ1v) is 8.46. The molecule has 0 aromatic rings. The molecule has 0 saturated heterocycles. The molecule has 0 aliphatic heterocycles. The Morgan fingerprint density at radius 1 is 1.19 bits per heavy atom. The van der Waals surface area contributed by atoms with E-state index in [-0.39, 0.29) is 23.9 Å². The average Bonchev–Trinajstić information content (AvgIpc) is 2.32. The molecule has 0 aromatic heterocycles. The zero-order chi connectivity index (χ0) is 15.9. The molecule has 0 bridgehead atoms. The number of hydrogen-bond acceptors (Lipinski definition) is 3. The van der Waals surface area contributed by atoms with Gasteiger partial charge in [-0.15, -0.1) is 0 Å². The summed E-state index contributed by atoms with van der Waals surface area (Å²) in [5.41, 5.74) is 0.0818. The minimum Gasteiger partial charge on any atom is -0.459 e. The lowest BCUT2D eigenvalue weighted by Crippen LogP contribution is -2.59. The summed E-state index contributed by atoms with van der Waals surface area (Å²) >= 11 is 0. The molecule has 0 amide bonds. The Labute approximate surface area is 129 Å². The molecule has 0 aromatic carbocycles. The van der Waals surface area contributed by atoms with E-state index in [0.717, 1.165) is 19.3 Å². The molecule has 0 unspecified atom stereocenters. The van der Waals surface area contributed by atoms with Crippen LogP contribution in [0.5, 0.6) is 0 Å². The summed E-state index contributed by atoms with van der Waals surface area (Å²) in [6.45, 7) is 10.9. The largest absolute Gasteiger partial charge is 0.459 e. The molecule has 0 radical (unpaired) electrons. The van der Waals surface area contributed by atoms with Crippen molar-refractivity contribution in [3.63, 3.8) is 0 Å². The molecule has 2 fully saturated rings. The van der Waals surface area contributed by atoms with Crippen molar-refractivity contribution in [2.24, 2.45) is 22.7 Å². The van der Waals surface area contributed by atoms with Gasteiger partial charge in [-0.25, -0.2) is 0 Å². The first kappa shape index (κ1) is 16.8. The van der Waals surface area contributed by atoms with Gasteiger partial charge in [0, 0.05) is 19.4 Å². The van der Waals surface area contributed by atoms with Gasteiger partial charge in [-0.3, -0.25) is 4.79 Å². The van der Waals surface area contributed by atoms with Crippen LogP contribution in [0.4, 0.5) is 0 Å². The molecular weight excluding hydrogens is 264 g/mol. The highest BCUT2D eigenvalue weighted by Crippen LogP contribution is 2.63. The summed E-state index contributed by atoms with van der Waals surface area (Å²) in [6, 6.07) is 0. The SMILES string of the molecule is CC(=O)O[C@]1(C)CC[C@H]2C(C)(C)CCC[C@]2(C)[C@H]1CCO. The number of hydrogen-bond donors (Lipinski definition) is 1. The van der Waals surface area contributed by atoms with Crippen LogP contribution < -0.4 is 0 Å². The van der Waals surface area contributed by atoms with E-state index in [0.29, 0.717) is 11.3 Å². The fourth-order valence-electron chi connectivity index (χ4n) is 5.82. The molecule has 2 aliphatic carbocycles. The maximum atomic E-state index is 11.6. The molecule has 1 N–H and O–H groups in total. The molecule has 122 valence electrons. The summed E-state index contributed by atoms with van der Waals surface area (Å²) < 4.78 is 5.78. The molecule has 21 heavy (non-hydrogen) atoms. The van der Waals surface area contributed by atoms with Gasteiger partial charge in [0.05, 0.1) is 0 Å². The first-order chi connectivity index (χ1) is 9.66. The fraction of sp³-hybridized carbons (Fsp3) is 0.944. The van der Waals surface area contributed by atoms with E-state index in [1.54, 1.807) is 0 Å². The van der Waals surface area contributed by atoms with Gasteiger partial charge in [0.2, 0.25) is 0 Å². The second kappa shape index (κ2) is 5.57. The second-order valence-electron chi connectivity index (χ2n) is 8.41. The number of carbonyl (C=O) groups is 1. The third kappa shape index (κ3) is 2.86. The molecule has 4 atom stereocenters. The van der Waals surface area contributed by atoms with Crippen LogP contribution in [0.2, 0.25) is 0 Å². The Balaban J connectivity index is 2.38. The predicted octanol–water partition coefficient (Wildman–Crippen LogP) is 3.93. The normalized spacial score (nSPS) is 42.2. The van der Waals surface area contributed by atoms with Crippen molar-refractivity contribution in [3.8, 4) is 0 Å². The highest BCUT2D eigenvalue weighted by molar-refractivity contribution is 5.66. The van der Waals surface area contributed by atoms with Crippen LogP contribution in [0.15, 0.2) is 0 Å². The van der Waals surface area contributed by atoms with Crippen LogP contribution in [0.1, 0.15) is 73.1 Å². The van der Waals surface area contributed by atoms with Crippen LogP contribution >= 0.6 is 0 Å². The Hall–Kier alpha value is -0.570. The van der Waals surface area contributed by atoms with Crippen molar-refractivity contribution in [2.45, 2.75) is 78.7 Å². The maximum absolute atomic E-state index is 11.6. The summed E-state index contributed by atoms with van der Waals surface area (Å²) in [4.78, 5) is 11.6. The van der Waals surface area contributed by atoms with E-state index in [4.69, 9.17) is 4.74 Å². The zero-order valence-corrected chi connectivity index (χ0v) is 14.4.